The van der Waals surface area contributed by atoms with Crippen LogP contribution in [0.3, 0.4) is 0 Å². The molecule has 0 rings (SSSR count). The van der Waals surface area contributed by atoms with Crippen molar-refractivity contribution >= 4 is 29.0 Å². The summed E-state index contributed by atoms with van der Waals surface area (Å²) in [6.45, 7) is 7.03. The summed E-state index contributed by atoms with van der Waals surface area (Å²) in [4.78, 5) is 23.5. The van der Waals surface area contributed by atoms with E-state index in [-0.39, 0.29) is 23.3 Å². The molecule has 98 valence electrons. The lowest BCUT2D eigenvalue weighted by Gasteiger charge is -2.27. The van der Waals surface area contributed by atoms with Crippen molar-refractivity contribution in [2.45, 2.75) is 27.7 Å². The fraction of sp³-hybridized carbons (Fsp3) is 0.727. The third-order valence-corrected chi connectivity index (χ3v) is 3.23. The summed E-state index contributed by atoms with van der Waals surface area (Å²) >= 11 is 4.83. The van der Waals surface area contributed by atoms with Crippen LogP contribution in [0.25, 0.3) is 0 Å². The van der Waals surface area contributed by atoms with Crippen LogP contribution in [0.4, 0.5) is 0 Å². The van der Waals surface area contributed by atoms with Gasteiger partial charge in [-0.1, -0.05) is 12.2 Å². The Balaban J connectivity index is 4.55. The summed E-state index contributed by atoms with van der Waals surface area (Å²) < 4.78 is 0. The highest BCUT2D eigenvalue weighted by Gasteiger charge is 2.33. The molecule has 0 heterocycles. The van der Waals surface area contributed by atoms with Crippen molar-refractivity contribution in [3.63, 3.8) is 0 Å². The Morgan fingerprint density at radius 1 is 1.18 bits per heavy atom. The topological polar surface area (TPSA) is 84.2 Å². The van der Waals surface area contributed by atoms with Crippen molar-refractivity contribution in [2.24, 2.45) is 16.6 Å². The van der Waals surface area contributed by atoms with E-state index in [9.17, 15) is 9.59 Å². The van der Waals surface area contributed by atoms with Crippen LogP contribution in [0.5, 0.6) is 0 Å². The van der Waals surface area contributed by atoms with E-state index in [0.29, 0.717) is 0 Å². The van der Waals surface area contributed by atoms with Crippen molar-refractivity contribution in [3.8, 4) is 0 Å². The minimum absolute atomic E-state index is 0.132. The first kappa shape index (κ1) is 15.8. The lowest BCUT2D eigenvalue weighted by atomic mass is 9.89. The quantitative estimate of drug-likeness (QED) is 0.615. The fourth-order valence-electron chi connectivity index (χ4n) is 1.05. The molecule has 2 amide bonds. The minimum Gasteiger partial charge on any atom is -0.392 e. The highest BCUT2D eigenvalue weighted by molar-refractivity contribution is 7.80. The zero-order chi connectivity index (χ0) is 13.9. The zero-order valence-corrected chi connectivity index (χ0v) is 11.8. The van der Waals surface area contributed by atoms with E-state index in [4.69, 9.17) is 18.0 Å². The summed E-state index contributed by atoms with van der Waals surface area (Å²) in [5, 5.41) is 5.24. The summed E-state index contributed by atoms with van der Waals surface area (Å²) in [5.74, 6) is -0.409. The van der Waals surface area contributed by atoms with Crippen LogP contribution in [0.2, 0.25) is 0 Å². The Hall–Kier alpha value is -1.17. The number of nitrogens with two attached hydrogens (primary N) is 1. The van der Waals surface area contributed by atoms with Gasteiger partial charge in [-0.05, 0) is 27.7 Å². The fourth-order valence-corrected chi connectivity index (χ4v) is 1.15. The summed E-state index contributed by atoms with van der Waals surface area (Å²) in [7, 11) is 1.56. The monoisotopic (exact) mass is 259 g/mol. The molecule has 5 nitrogen and oxygen atoms in total. The molecule has 0 atom stereocenters. The minimum atomic E-state index is -0.909. The molecule has 0 aliphatic rings. The van der Waals surface area contributed by atoms with Crippen molar-refractivity contribution in [2.75, 3.05) is 13.6 Å². The maximum absolute atomic E-state index is 11.9. The molecule has 0 saturated carbocycles. The molecule has 0 saturated heterocycles. The Morgan fingerprint density at radius 3 is 2.00 bits per heavy atom. The van der Waals surface area contributed by atoms with E-state index < -0.39 is 10.8 Å². The van der Waals surface area contributed by atoms with Crippen molar-refractivity contribution in [1.29, 1.82) is 0 Å². The van der Waals surface area contributed by atoms with E-state index in [1.165, 1.54) is 0 Å². The first-order valence-corrected chi connectivity index (χ1v) is 5.77. The molecule has 0 aromatic rings. The van der Waals surface area contributed by atoms with Crippen LogP contribution in [0.1, 0.15) is 27.7 Å². The first-order chi connectivity index (χ1) is 7.55. The zero-order valence-electron chi connectivity index (χ0n) is 11.0. The normalized spacial score (nSPS) is 11.8. The lowest BCUT2D eigenvalue weighted by molar-refractivity contribution is -0.130. The molecule has 0 aromatic heterocycles. The average Bonchev–Trinajstić information content (AvgIpc) is 2.24. The van der Waals surface area contributed by atoms with Gasteiger partial charge in [0, 0.05) is 13.6 Å². The maximum Gasteiger partial charge on any atom is 0.232 e. The number of carbonyl (C=O) groups is 2. The molecule has 0 radical (unpaired) electrons. The van der Waals surface area contributed by atoms with Gasteiger partial charge in [-0.25, -0.2) is 0 Å². The van der Waals surface area contributed by atoms with Crippen molar-refractivity contribution in [3.05, 3.63) is 0 Å². The molecular formula is C11H21N3O2S. The standard InChI is InChI=1S/C11H21N3O2S/c1-10(2,8(15)13-5)6-14-9(16)11(3,4)7(12)17/h6H2,1-5H3,(H2,12,17)(H,13,15)(H,14,16). The molecule has 17 heavy (non-hydrogen) atoms. The predicted octanol–water partition coefficient (Wildman–Crippen LogP) is 0.187. The second kappa shape index (κ2) is 5.44. The van der Waals surface area contributed by atoms with Crippen LogP contribution in [-0.2, 0) is 9.59 Å². The van der Waals surface area contributed by atoms with Crippen molar-refractivity contribution in [1.82, 2.24) is 10.6 Å². The summed E-state index contributed by atoms with van der Waals surface area (Å²) in [6.07, 6.45) is 0. The average molecular weight is 259 g/mol. The van der Waals surface area contributed by atoms with Gasteiger partial charge in [0.15, 0.2) is 0 Å². The Morgan fingerprint density at radius 2 is 1.65 bits per heavy atom. The number of hydrogen-bond acceptors (Lipinski definition) is 3. The Kier molecular flexibility index (Phi) is 5.07. The molecule has 0 unspecified atom stereocenters. The van der Waals surface area contributed by atoms with Crippen LogP contribution < -0.4 is 16.4 Å². The largest absolute Gasteiger partial charge is 0.392 e. The van der Waals surface area contributed by atoms with Crippen LogP contribution in [0.15, 0.2) is 0 Å². The highest BCUT2D eigenvalue weighted by Crippen LogP contribution is 2.18. The van der Waals surface area contributed by atoms with Gasteiger partial charge < -0.3 is 16.4 Å². The number of hydrogen-bond donors (Lipinski definition) is 3. The van der Waals surface area contributed by atoms with E-state index >= 15 is 0 Å². The molecule has 4 N–H and O–H groups in total. The molecule has 0 fully saturated rings. The summed E-state index contributed by atoms with van der Waals surface area (Å²) in [5.41, 5.74) is 3.91. The van der Waals surface area contributed by atoms with Gasteiger partial charge in [0.2, 0.25) is 11.8 Å². The SMILES string of the molecule is CNC(=O)C(C)(C)CNC(=O)C(C)(C)C(N)=S. The molecule has 6 heteroatoms. The highest BCUT2D eigenvalue weighted by atomic mass is 32.1. The van der Waals surface area contributed by atoms with Crippen molar-refractivity contribution < 1.29 is 9.59 Å². The van der Waals surface area contributed by atoms with E-state index in [1.54, 1.807) is 34.7 Å². The smallest absolute Gasteiger partial charge is 0.232 e. The number of thiocarbonyl (C=S) groups is 1. The number of carbonyl (C=O) groups excluding carboxylic acids is 2. The van der Waals surface area contributed by atoms with Crippen LogP contribution in [-0.4, -0.2) is 30.4 Å². The Bertz CT molecular complexity index is 338. The molecule has 0 aliphatic carbocycles. The van der Waals surface area contributed by atoms with Gasteiger partial charge in [-0.15, -0.1) is 0 Å². The first-order valence-electron chi connectivity index (χ1n) is 5.36. The third kappa shape index (κ3) is 3.96. The third-order valence-electron chi connectivity index (χ3n) is 2.72. The lowest BCUT2D eigenvalue weighted by Crippen LogP contribution is -2.50. The number of nitrogens with one attached hydrogen (secondary N) is 2. The van der Waals surface area contributed by atoms with Crippen LogP contribution in [0, 0.1) is 10.8 Å². The molecule has 0 aromatic carbocycles. The predicted molar refractivity (Wildman–Crippen MR) is 71.4 cm³/mol. The maximum atomic E-state index is 11.9. The molecular weight excluding hydrogens is 238 g/mol. The number of rotatable bonds is 5. The van der Waals surface area contributed by atoms with Gasteiger partial charge in [0.05, 0.1) is 15.8 Å². The molecule has 0 aliphatic heterocycles. The van der Waals surface area contributed by atoms with E-state index in [2.05, 4.69) is 10.6 Å². The summed E-state index contributed by atoms with van der Waals surface area (Å²) in [6, 6.07) is 0. The van der Waals surface area contributed by atoms with E-state index in [1.807, 2.05) is 0 Å². The van der Waals surface area contributed by atoms with Gasteiger partial charge in [-0.3, -0.25) is 9.59 Å². The second-order valence-corrected chi connectivity index (χ2v) is 5.57. The van der Waals surface area contributed by atoms with Gasteiger partial charge in [-0.2, -0.15) is 0 Å². The van der Waals surface area contributed by atoms with Gasteiger partial charge in [0.1, 0.15) is 0 Å². The van der Waals surface area contributed by atoms with Gasteiger partial charge in [0.25, 0.3) is 0 Å². The molecule has 0 spiro atoms. The molecule has 0 bridgehead atoms. The van der Waals surface area contributed by atoms with Crippen LogP contribution >= 0.6 is 12.2 Å². The van der Waals surface area contributed by atoms with Gasteiger partial charge >= 0.3 is 0 Å². The second-order valence-electron chi connectivity index (χ2n) is 5.13. The van der Waals surface area contributed by atoms with E-state index in [0.717, 1.165) is 0 Å². The Labute approximate surface area is 108 Å². The number of amides is 2.